The molecular formula is C21H25N3O2S. The number of hydrogen-bond donors (Lipinski definition) is 1. The van der Waals surface area contributed by atoms with Gasteiger partial charge < -0.3 is 10.1 Å². The maximum atomic E-state index is 10.1. The fourth-order valence-electron chi connectivity index (χ4n) is 2.57. The Morgan fingerprint density at radius 1 is 1.22 bits per heavy atom. The van der Waals surface area contributed by atoms with Gasteiger partial charge in [-0.2, -0.15) is 0 Å². The molecule has 0 atom stereocenters. The fourth-order valence-corrected chi connectivity index (χ4v) is 3.47. The molecule has 0 radical (unpaired) electrons. The van der Waals surface area contributed by atoms with E-state index >= 15 is 0 Å². The number of thiazole rings is 1. The highest BCUT2D eigenvalue weighted by Crippen LogP contribution is 2.29. The second-order valence-corrected chi connectivity index (χ2v) is 8.41. The number of amides is 1. The quantitative estimate of drug-likeness (QED) is 0.631. The average molecular weight is 384 g/mol. The number of nitrogens with one attached hydrogen (secondary N) is 1. The van der Waals surface area contributed by atoms with Crippen molar-refractivity contribution in [3.63, 3.8) is 0 Å². The van der Waals surface area contributed by atoms with Gasteiger partial charge in [-0.15, -0.1) is 11.3 Å². The van der Waals surface area contributed by atoms with Gasteiger partial charge in [-0.05, 0) is 31.4 Å². The molecule has 0 bridgehead atoms. The van der Waals surface area contributed by atoms with Crippen LogP contribution in [0.2, 0.25) is 0 Å². The molecular weight excluding hydrogens is 358 g/mol. The summed E-state index contributed by atoms with van der Waals surface area (Å²) < 4.78 is 5.90. The zero-order valence-corrected chi connectivity index (χ0v) is 16.8. The minimum absolute atomic E-state index is 0.0549. The normalized spacial score (nSPS) is 14.0. The largest absolute Gasteiger partial charge is 0.488 e. The molecule has 2 heterocycles. The van der Waals surface area contributed by atoms with Crippen LogP contribution in [0.4, 0.5) is 5.13 Å². The topological polar surface area (TPSA) is 64.1 Å². The summed E-state index contributed by atoms with van der Waals surface area (Å²) in [6.45, 7) is 6.27. The molecule has 0 saturated heterocycles. The number of para-hydroxylation sites is 1. The molecule has 1 aliphatic carbocycles. The molecule has 1 aromatic carbocycles. The molecule has 0 aliphatic heterocycles. The Balaban J connectivity index is 0.000000161. The standard InChI is InChI=1S/C13H13NO.C8H12N2OS/c1-4-10-5-3-9-14-13(10)12(8-1)15-11-6-2-7-11;1-8(2,3)6-4-12-7(10-6)9-5-11/h1,3-5,8-9,11H,2,6-7H2;4-5H,1-3H3,(H,9,10,11). The molecule has 1 fully saturated rings. The van der Waals surface area contributed by atoms with E-state index in [2.05, 4.69) is 48.2 Å². The van der Waals surface area contributed by atoms with Gasteiger partial charge in [-0.25, -0.2) is 4.98 Å². The van der Waals surface area contributed by atoms with E-state index in [9.17, 15) is 4.79 Å². The van der Waals surface area contributed by atoms with Gasteiger partial charge >= 0.3 is 0 Å². The van der Waals surface area contributed by atoms with Crippen LogP contribution in [0.1, 0.15) is 45.7 Å². The molecule has 1 amide bonds. The predicted molar refractivity (Wildman–Crippen MR) is 111 cm³/mol. The Hall–Kier alpha value is -2.47. The van der Waals surface area contributed by atoms with Crippen molar-refractivity contribution in [1.82, 2.24) is 9.97 Å². The van der Waals surface area contributed by atoms with Gasteiger partial charge in [0.05, 0.1) is 11.8 Å². The van der Waals surface area contributed by atoms with Gasteiger partial charge in [0.1, 0.15) is 11.3 Å². The number of aromatic nitrogens is 2. The van der Waals surface area contributed by atoms with Gasteiger partial charge in [-0.1, -0.05) is 39.0 Å². The highest BCUT2D eigenvalue weighted by atomic mass is 32.1. The van der Waals surface area contributed by atoms with Crippen LogP contribution >= 0.6 is 11.3 Å². The van der Waals surface area contributed by atoms with Crippen molar-refractivity contribution in [1.29, 1.82) is 0 Å². The first-order chi connectivity index (χ1) is 13.0. The Morgan fingerprint density at radius 3 is 2.63 bits per heavy atom. The van der Waals surface area contributed by atoms with Crippen molar-refractivity contribution in [2.24, 2.45) is 0 Å². The summed E-state index contributed by atoms with van der Waals surface area (Å²) in [6, 6.07) is 10.1. The Bertz CT molecular complexity index is 892. The third-order valence-electron chi connectivity index (χ3n) is 4.40. The molecule has 1 aliphatic rings. The summed E-state index contributed by atoms with van der Waals surface area (Å²) in [6.07, 6.45) is 6.54. The molecule has 6 heteroatoms. The van der Waals surface area contributed by atoms with Crippen LogP contribution < -0.4 is 10.1 Å². The summed E-state index contributed by atoms with van der Waals surface area (Å²) in [7, 11) is 0. The van der Waals surface area contributed by atoms with E-state index in [0.717, 1.165) is 22.3 Å². The molecule has 4 rings (SSSR count). The molecule has 0 spiro atoms. The van der Waals surface area contributed by atoms with Crippen LogP contribution in [-0.2, 0) is 10.2 Å². The summed E-state index contributed by atoms with van der Waals surface area (Å²) >= 11 is 1.45. The van der Waals surface area contributed by atoms with E-state index in [1.54, 1.807) is 0 Å². The van der Waals surface area contributed by atoms with E-state index in [0.29, 0.717) is 17.6 Å². The predicted octanol–water partition coefficient (Wildman–Crippen LogP) is 5.18. The summed E-state index contributed by atoms with van der Waals surface area (Å²) in [4.78, 5) is 18.7. The molecule has 1 saturated carbocycles. The minimum atomic E-state index is 0.0549. The van der Waals surface area contributed by atoms with Crippen molar-refractivity contribution in [2.75, 3.05) is 5.32 Å². The number of benzene rings is 1. The molecule has 3 aromatic rings. The number of carbonyl (C=O) groups is 1. The van der Waals surface area contributed by atoms with E-state index in [1.165, 1.54) is 30.6 Å². The lowest BCUT2D eigenvalue weighted by Gasteiger charge is -2.26. The molecule has 1 N–H and O–H groups in total. The van der Waals surface area contributed by atoms with Crippen molar-refractivity contribution in [2.45, 2.75) is 51.6 Å². The van der Waals surface area contributed by atoms with Gasteiger partial charge in [0.2, 0.25) is 6.41 Å². The zero-order valence-electron chi connectivity index (χ0n) is 15.9. The van der Waals surface area contributed by atoms with Crippen LogP contribution in [0.3, 0.4) is 0 Å². The van der Waals surface area contributed by atoms with Crippen LogP contribution in [0, 0.1) is 0 Å². The summed E-state index contributed by atoms with van der Waals surface area (Å²) in [5, 5.41) is 6.30. The molecule has 142 valence electrons. The minimum Gasteiger partial charge on any atom is -0.488 e. The number of rotatable bonds is 4. The van der Waals surface area contributed by atoms with Crippen molar-refractivity contribution < 1.29 is 9.53 Å². The SMILES string of the molecule is CC(C)(C)c1csc(NC=O)n1.c1cnc2c(OC3CCC3)cccc2c1. The summed E-state index contributed by atoms with van der Waals surface area (Å²) in [5.41, 5.74) is 2.04. The third kappa shape index (κ3) is 5.04. The highest BCUT2D eigenvalue weighted by molar-refractivity contribution is 7.13. The van der Waals surface area contributed by atoms with Gasteiger partial charge in [0, 0.05) is 22.4 Å². The highest BCUT2D eigenvalue weighted by Gasteiger charge is 2.20. The number of hydrogen-bond acceptors (Lipinski definition) is 5. The van der Waals surface area contributed by atoms with E-state index in [4.69, 9.17) is 4.74 Å². The first-order valence-electron chi connectivity index (χ1n) is 9.14. The Morgan fingerprint density at radius 2 is 2.00 bits per heavy atom. The lowest BCUT2D eigenvalue weighted by molar-refractivity contribution is -0.105. The Labute approximate surface area is 163 Å². The maximum absolute atomic E-state index is 10.1. The van der Waals surface area contributed by atoms with Gasteiger partial charge in [-0.3, -0.25) is 9.78 Å². The molecule has 2 aromatic heterocycles. The maximum Gasteiger partial charge on any atom is 0.213 e. The van der Waals surface area contributed by atoms with Crippen LogP contribution in [0.15, 0.2) is 41.9 Å². The van der Waals surface area contributed by atoms with Crippen LogP contribution in [0.25, 0.3) is 10.9 Å². The molecule has 0 unspecified atom stereocenters. The molecule has 5 nitrogen and oxygen atoms in total. The monoisotopic (exact) mass is 383 g/mol. The number of carbonyl (C=O) groups excluding carboxylic acids is 1. The van der Waals surface area contributed by atoms with Crippen LogP contribution in [-0.4, -0.2) is 22.5 Å². The number of pyridine rings is 1. The van der Waals surface area contributed by atoms with Gasteiger partial charge in [0.15, 0.2) is 5.13 Å². The number of fused-ring (bicyclic) bond motifs is 1. The first-order valence-corrected chi connectivity index (χ1v) is 10.0. The fraction of sp³-hybridized carbons (Fsp3) is 0.381. The van der Waals surface area contributed by atoms with Crippen LogP contribution in [0.5, 0.6) is 5.75 Å². The summed E-state index contributed by atoms with van der Waals surface area (Å²) in [5.74, 6) is 0.929. The second kappa shape index (κ2) is 8.48. The van der Waals surface area contributed by atoms with E-state index < -0.39 is 0 Å². The van der Waals surface area contributed by atoms with E-state index in [1.807, 2.05) is 29.8 Å². The molecule has 27 heavy (non-hydrogen) atoms. The number of nitrogens with zero attached hydrogens (tertiary/aromatic N) is 2. The van der Waals surface area contributed by atoms with Gasteiger partial charge in [0.25, 0.3) is 0 Å². The third-order valence-corrected chi connectivity index (χ3v) is 5.17. The number of anilines is 1. The number of ether oxygens (including phenoxy) is 1. The lowest BCUT2D eigenvalue weighted by Crippen LogP contribution is -2.24. The zero-order chi connectivity index (χ0) is 19.3. The van der Waals surface area contributed by atoms with Crippen molar-refractivity contribution >= 4 is 33.8 Å². The van der Waals surface area contributed by atoms with Crippen molar-refractivity contribution in [3.8, 4) is 5.75 Å². The second-order valence-electron chi connectivity index (χ2n) is 7.55. The average Bonchev–Trinajstić information content (AvgIpc) is 3.08. The first kappa shape index (κ1) is 19.3. The van der Waals surface area contributed by atoms with E-state index in [-0.39, 0.29) is 5.41 Å². The lowest BCUT2D eigenvalue weighted by atomic mass is 9.93. The smallest absolute Gasteiger partial charge is 0.213 e. The van der Waals surface area contributed by atoms with Crippen molar-refractivity contribution in [3.05, 3.63) is 47.6 Å². The Kier molecular flexibility index (Phi) is 6.06.